The number of methoxy groups -OCH3 is 2. The van der Waals surface area contributed by atoms with E-state index in [1.165, 1.54) is 24.4 Å². The van der Waals surface area contributed by atoms with E-state index in [4.69, 9.17) is 10.2 Å². The molecule has 0 saturated heterocycles. The summed E-state index contributed by atoms with van der Waals surface area (Å²) in [6.45, 7) is 14.5. The topological polar surface area (TPSA) is 93.1 Å². The van der Waals surface area contributed by atoms with E-state index in [1.54, 1.807) is 32.2 Å². The van der Waals surface area contributed by atoms with Gasteiger partial charge in [0.05, 0.1) is 12.7 Å². The van der Waals surface area contributed by atoms with Crippen molar-refractivity contribution in [3.05, 3.63) is 70.8 Å². The number of halogens is 1. The van der Waals surface area contributed by atoms with Crippen LogP contribution < -0.4 is 0 Å². The summed E-state index contributed by atoms with van der Waals surface area (Å²) in [6.07, 6.45) is 2.56. The van der Waals surface area contributed by atoms with Crippen LogP contribution in [-0.2, 0) is 9.47 Å². The zero-order valence-electron chi connectivity index (χ0n) is 23.8. The number of aliphatic hydroxyl groups is 2. The highest BCUT2D eigenvalue weighted by atomic mass is 127. The number of Topliss-reactive ketones (excluding diaryl/α,β-unsaturated/α-hetero) is 1. The second-order valence-electron chi connectivity index (χ2n) is 6.99. The van der Waals surface area contributed by atoms with Crippen LogP contribution >= 0.6 is 22.6 Å². The summed E-state index contributed by atoms with van der Waals surface area (Å²) in [5, 5.41) is 16.1. The minimum Gasteiger partial charge on any atom is -0.465 e. The summed E-state index contributed by atoms with van der Waals surface area (Å²) in [7, 11) is 3.06. The van der Waals surface area contributed by atoms with Crippen LogP contribution in [0.1, 0.15) is 79.3 Å². The van der Waals surface area contributed by atoms with Crippen LogP contribution in [0.25, 0.3) is 0 Å². The molecule has 0 aliphatic heterocycles. The molecule has 2 aromatic carbocycles. The molecule has 0 spiro atoms. The zero-order valence-corrected chi connectivity index (χ0v) is 25.9. The number of rotatable bonds is 5. The summed E-state index contributed by atoms with van der Waals surface area (Å²) in [4.78, 5) is 22.0. The third kappa shape index (κ3) is 26.8. The first-order chi connectivity index (χ1) is 17.2. The van der Waals surface area contributed by atoms with Gasteiger partial charge in [0.25, 0.3) is 0 Å². The minimum absolute atomic E-state index is 0.219. The van der Waals surface area contributed by atoms with Crippen molar-refractivity contribution in [3.8, 4) is 0 Å². The van der Waals surface area contributed by atoms with Crippen LogP contribution in [0.2, 0.25) is 0 Å². The first-order valence-electron chi connectivity index (χ1n) is 12.2. The Labute approximate surface area is 233 Å². The number of ether oxygens (including phenoxy) is 2. The normalized spacial score (nSPS) is 8.44. The number of esters is 1. The number of carbonyl (C=O) groups is 2. The molecule has 2 N–H and O–H groups in total. The van der Waals surface area contributed by atoms with Crippen molar-refractivity contribution in [2.75, 3.05) is 38.5 Å². The number of aliphatic hydroxyl groups excluding tert-OH is 2. The predicted octanol–water partition coefficient (Wildman–Crippen LogP) is 6.85. The molecule has 0 heterocycles. The number of benzene rings is 2. The van der Waals surface area contributed by atoms with Crippen LogP contribution in [0.15, 0.2) is 48.5 Å². The first kappa shape index (κ1) is 41.3. The van der Waals surface area contributed by atoms with Crippen molar-refractivity contribution in [1.29, 1.82) is 0 Å². The number of alkyl halides is 1. The van der Waals surface area contributed by atoms with Gasteiger partial charge in [0.1, 0.15) is 6.61 Å². The van der Waals surface area contributed by atoms with Gasteiger partial charge in [0, 0.05) is 25.9 Å². The lowest BCUT2D eigenvalue weighted by Crippen LogP contribution is -2.05. The Balaban J connectivity index is -0.000000190. The van der Waals surface area contributed by atoms with Gasteiger partial charge in [-0.2, -0.15) is 0 Å². The standard InChI is InChI=1S/2C9H10O2.C3H7I.C3H8O.C3H8.C2H6O/c1-7-5-3-4-6-8(7)9(10)11-2;1-7-4-2-3-5-8(7)9(11)6-10;1-2-3-4;1-3-4-2;1-3-2;1-2-3/h3-6H,1-2H3;2-5,10H,6H2,1H3;2-3H2,1H3;3H2,1-2H3;3H2,1-2H3;3H,2H2,1H3. The average molecular weight is 621 g/mol. The Morgan fingerprint density at radius 2 is 1.14 bits per heavy atom. The quantitative estimate of drug-likeness (QED) is 0.164. The van der Waals surface area contributed by atoms with Crippen LogP contribution in [0, 0.1) is 13.8 Å². The molecule has 0 bridgehead atoms. The molecule has 0 saturated carbocycles. The van der Waals surface area contributed by atoms with Gasteiger partial charge in [0.15, 0.2) is 5.78 Å². The average Bonchev–Trinajstić information content (AvgIpc) is 2.90. The van der Waals surface area contributed by atoms with Gasteiger partial charge in [0.2, 0.25) is 0 Å². The monoisotopic (exact) mass is 620 g/mol. The van der Waals surface area contributed by atoms with Crippen LogP contribution in [0.5, 0.6) is 0 Å². The molecule has 6 nitrogen and oxygen atoms in total. The highest BCUT2D eigenvalue weighted by molar-refractivity contribution is 14.1. The molecule has 0 aliphatic rings. The predicted molar refractivity (Wildman–Crippen MR) is 161 cm³/mol. The van der Waals surface area contributed by atoms with E-state index < -0.39 is 6.61 Å². The summed E-state index contributed by atoms with van der Waals surface area (Å²) >= 11 is 2.35. The SMILES string of the molecule is CCC.CCCI.CCO.CCOC.COC(=O)c1ccccc1C.Cc1ccccc1C(=O)CO. The number of hydrogen-bond acceptors (Lipinski definition) is 6. The molecule has 0 aromatic heterocycles. The van der Waals surface area contributed by atoms with Gasteiger partial charge >= 0.3 is 5.97 Å². The smallest absolute Gasteiger partial charge is 0.338 e. The Bertz CT molecular complexity index is 683. The third-order valence-corrected chi connectivity index (χ3v) is 4.70. The Morgan fingerprint density at radius 3 is 1.39 bits per heavy atom. The van der Waals surface area contributed by atoms with Crippen LogP contribution in [0.3, 0.4) is 0 Å². The fourth-order valence-corrected chi connectivity index (χ4v) is 1.88. The number of aryl methyl sites for hydroxylation is 2. The van der Waals surface area contributed by atoms with Crippen molar-refractivity contribution in [2.45, 2.75) is 61.3 Å². The van der Waals surface area contributed by atoms with E-state index in [9.17, 15) is 9.59 Å². The molecule has 7 heteroatoms. The molecule has 36 heavy (non-hydrogen) atoms. The van der Waals surface area contributed by atoms with E-state index in [1.807, 2.05) is 51.1 Å². The number of carbonyl (C=O) groups excluding carboxylic acids is 2. The molecule has 0 aliphatic carbocycles. The van der Waals surface area contributed by atoms with Gasteiger partial charge in [-0.15, -0.1) is 0 Å². The lowest BCUT2D eigenvalue weighted by molar-refractivity contribution is 0.0599. The Hall–Kier alpha value is -1.81. The minimum atomic E-state index is -0.412. The largest absolute Gasteiger partial charge is 0.465 e. The molecule has 0 amide bonds. The maximum Gasteiger partial charge on any atom is 0.338 e. The molecule has 208 valence electrons. The fraction of sp³-hybridized carbons (Fsp3) is 0.517. The molecule has 0 unspecified atom stereocenters. The van der Waals surface area contributed by atoms with E-state index in [-0.39, 0.29) is 18.4 Å². The second-order valence-corrected chi connectivity index (χ2v) is 8.07. The lowest BCUT2D eigenvalue weighted by atomic mass is 10.1. The van der Waals surface area contributed by atoms with Crippen molar-refractivity contribution >= 4 is 34.3 Å². The highest BCUT2D eigenvalue weighted by Gasteiger charge is 2.06. The van der Waals surface area contributed by atoms with Gasteiger partial charge in [-0.05, 0) is 55.7 Å². The van der Waals surface area contributed by atoms with E-state index in [0.717, 1.165) is 17.7 Å². The van der Waals surface area contributed by atoms with Crippen LogP contribution in [0.4, 0.5) is 0 Å². The first-order valence-corrected chi connectivity index (χ1v) is 13.7. The number of hydrogen-bond donors (Lipinski definition) is 2. The molecule has 2 rings (SSSR count). The number of ketones is 1. The maximum absolute atomic E-state index is 11.0. The maximum atomic E-state index is 11.0. The highest BCUT2D eigenvalue weighted by Crippen LogP contribution is 2.07. The van der Waals surface area contributed by atoms with Crippen molar-refractivity contribution < 1.29 is 29.3 Å². The lowest BCUT2D eigenvalue weighted by Gasteiger charge is -2.00. The summed E-state index contributed by atoms with van der Waals surface area (Å²) in [5.74, 6) is -0.494. The zero-order chi connectivity index (χ0) is 28.8. The summed E-state index contributed by atoms with van der Waals surface area (Å²) in [6, 6.07) is 14.6. The summed E-state index contributed by atoms with van der Waals surface area (Å²) < 4.78 is 10.4. The molecular formula is C29H49IO6. The van der Waals surface area contributed by atoms with E-state index >= 15 is 0 Å². The van der Waals surface area contributed by atoms with Crippen molar-refractivity contribution in [2.24, 2.45) is 0 Å². The van der Waals surface area contributed by atoms with Crippen molar-refractivity contribution in [3.63, 3.8) is 0 Å². The van der Waals surface area contributed by atoms with Gasteiger partial charge in [-0.3, -0.25) is 4.79 Å². The molecule has 0 atom stereocenters. The Kier molecular flexibility index (Phi) is 38.1. The van der Waals surface area contributed by atoms with Gasteiger partial charge in [-0.1, -0.05) is 92.2 Å². The van der Waals surface area contributed by atoms with Crippen LogP contribution in [-0.4, -0.2) is 60.4 Å². The Morgan fingerprint density at radius 1 is 0.806 bits per heavy atom. The van der Waals surface area contributed by atoms with Crippen molar-refractivity contribution in [1.82, 2.24) is 0 Å². The van der Waals surface area contributed by atoms with E-state index in [0.29, 0.717) is 11.1 Å². The third-order valence-electron chi connectivity index (χ3n) is 3.62. The molecule has 0 fully saturated rings. The molecular weight excluding hydrogens is 571 g/mol. The van der Waals surface area contributed by atoms with Gasteiger partial charge < -0.3 is 19.7 Å². The fourth-order valence-electron chi connectivity index (χ4n) is 1.88. The molecule has 0 radical (unpaired) electrons. The van der Waals surface area contributed by atoms with Gasteiger partial charge in [-0.25, -0.2) is 4.79 Å². The second kappa shape index (κ2) is 33.2. The van der Waals surface area contributed by atoms with E-state index in [2.05, 4.69) is 52.8 Å². The summed E-state index contributed by atoms with van der Waals surface area (Å²) in [5.41, 5.74) is 3.09. The molecule has 2 aromatic rings.